The fourth-order valence-electron chi connectivity index (χ4n) is 1.69. The van der Waals surface area contributed by atoms with Crippen LogP contribution in [0.2, 0.25) is 0 Å². The normalized spacial score (nSPS) is 30.3. The molecule has 1 fully saturated rings. The van der Waals surface area contributed by atoms with Crippen molar-refractivity contribution in [3.63, 3.8) is 0 Å². The maximum absolute atomic E-state index is 10.7. The Hall–Kier alpha value is -0.250. The first-order valence-electron chi connectivity index (χ1n) is 4.20. The number of halogens is 1. The van der Waals surface area contributed by atoms with Crippen molar-refractivity contribution in [3.05, 3.63) is 0 Å². The van der Waals surface area contributed by atoms with Crippen molar-refractivity contribution in [1.82, 2.24) is 4.90 Å². The van der Waals surface area contributed by atoms with E-state index in [1.165, 1.54) is 4.90 Å². The molecule has 3 nitrogen and oxygen atoms in total. The van der Waals surface area contributed by atoms with Gasteiger partial charge in [0, 0.05) is 17.9 Å². The lowest BCUT2D eigenvalue weighted by atomic mass is 9.94. The van der Waals surface area contributed by atoms with E-state index in [1.54, 1.807) is 0 Å². The van der Waals surface area contributed by atoms with Gasteiger partial charge in [-0.2, -0.15) is 0 Å². The van der Waals surface area contributed by atoms with Crippen LogP contribution >= 0.6 is 15.9 Å². The van der Waals surface area contributed by atoms with Crippen molar-refractivity contribution >= 4 is 22.0 Å². The number of hydrogen-bond donors (Lipinski definition) is 1. The Morgan fingerprint density at radius 2 is 2.42 bits per heavy atom. The molecular weight excluding hydrogens is 222 g/mol. The Balaban J connectivity index is 2.47. The monoisotopic (exact) mass is 235 g/mol. The lowest BCUT2D eigenvalue weighted by Gasteiger charge is -2.35. The molecule has 0 aromatic rings. The molecule has 1 saturated heterocycles. The second-order valence-electron chi connectivity index (χ2n) is 3.37. The predicted molar refractivity (Wildman–Crippen MR) is 50.7 cm³/mol. The SMILES string of the molecule is C[C@H]1C[C@H](CBr)CCN1C(=O)O. The molecular formula is C8H14BrNO2. The average Bonchev–Trinajstić information content (AvgIpc) is 2.03. The van der Waals surface area contributed by atoms with Crippen molar-refractivity contribution in [2.45, 2.75) is 25.8 Å². The van der Waals surface area contributed by atoms with Crippen molar-refractivity contribution in [2.75, 3.05) is 11.9 Å². The molecule has 0 unspecified atom stereocenters. The van der Waals surface area contributed by atoms with E-state index in [4.69, 9.17) is 5.11 Å². The van der Waals surface area contributed by atoms with Gasteiger partial charge >= 0.3 is 6.09 Å². The average molecular weight is 236 g/mol. The molecule has 0 bridgehead atoms. The zero-order valence-electron chi connectivity index (χ0n) is 7.16. The summed E-state index contributed by atoms with van der Waals surface area (Å²) in [5.74, 6) is 0.649. The minimum absolute atomic E-state index is 0.179. The lowest BCUT2D eigenvalue weighted by Crippen LogP contribution is -2.44. The van der Waals surface area contributed by atoms with Gasteiger partial charge in [-0.3, -0.25) is 0 Å². The van der Waals surface area contributed by atoms with Gasteiger partial charge in [0.15, 0.2) is 0 Å². The fraction of sp³-hybridized carbons (Fsp3) is 0.875. The van der Waals surface area contributed by atoms with Gasteiger partial charge in [0.1, 0.15) is 0 Å². The summed E-state index contributed by atoms with van der Waals surface area (Å²) < 4.78 is 0. The highest BCUT2D eigenvalue weighted by molar-refractivity contribution is 9.09. The van der Waals surface area contributed by atoms with Crippen LogP contribution in [0.25, 0.3) is 0 Å². The minimum Gasteiger partial charge on any atom is -0.465 e. The third-order valence-electron chi connectivity index (χ3n) is 2.45. The molecule has 0 radical (unpaired) electrons. The number of piperidine rings is 1. The number of carbonyl (C=O) groups is 1. The summed E-state index contributed by atoms with van der Waals surface area (Å²) >= 11 is 3.43. The second-order valence-corrected chi connectivity index (χ2v) is 4.02. The van der Waals surface area contributed by atoms with Crippen molar-refractivity contribution in [1.29, 1.82) is 0 Å². The summed E-state index contributed by atoms with van der Waals surface area (Å²) in [6.45, 7) is 2.66. The number of nitrogens with zero attached hydrogens (tertiary/aromatic N) is 1. The van der Waals surface area contributed by atoms with E-state index in [9.17, 15) is 4.79 Å². The number of alkyl halides is 1. The fourth-order valence-corrected chi connectivity index (χ4v) is 2.28. The number of amides is 1. The molecule has 12 heavy (non-hydrogen) atoms. The van der Waals surface area contributed by atoms with E-state index in [1.807, 2.05) is 6.92 Å². The molecule has 4 heteroatoms. The summed E-state index contributed by atoms with van der Waals surface area (Å²) in [4.78, 5) is 12.2. The summed E-state index contributed by atoms with van der Waals surface area (Å²) in [6.07, 6.45) is 1.19. The molecule has 0 aromatic heterocycles. The molecule has 0 saturated carbocycles. The largest absolute Gasteiger partial charge is 0.465 e. The first-order chi connectivity index (χ1) is 5.65. The van der Waals surface area contributed by atoms with Crippen molar-refractivity contribution < 1.29 is 9.90 Å². The quantitative estimate of drug-likeness (QED) is 0.708. The number of hydrogen-bond acceptors (Lipinski definition) is 1. The minimum atomic E-state index is -0.782. The summed E-state index contributed by atoms with van der Waals surface area (Å²) in [7, 11) is 0. The molecule has 1 N–H and O–H groups in total. The molecule has 1 aliphatic rings. The molecule has 1 amide bonds. The summed E-state index contributed by atoms with van der Waals surface area (Å²) in [5.41, 5.74) is 0. The molecule has 1 rings (SSSR count). The van der Waals surface area contributed by atoms with Gasteiger partial charge in [-0.05, 0) is 25.7 Å². The van der Waals surface area contributed by atoms with Gasteiger partial charge in [-0.25, -0.2) is 4.79 Å². The third kappa shape index (κ3) is 2.12. The van der Waals surface area contributed by atoms with Crippen LogP contribution in [0.15, 0.2) is 0 Å². The van der Waals surface area contributed by atoms with Crippen LogP contribution in [-0.2, 0) is 0 Å². The maximum Gasteiger partial charge on any atom is 0.407 e. The molecule has 0 aromatic carbocycles. The second kappa shape index (κ2) is 4.12. The standard InChI is InChI=1S/C8H14BrNO2/c1-6-4-7(5-9)2-3-10(6)8(11)12/h6-7H,2-5H2,1H3,(H,11,12)/t6-,7+/m0/s1. The predicted octanol–water partition coefficient (Wildman–Crippen LogP) is 2.16. The van der Waals surface area contributed by atoms with Gasteiger partial charge in [0.25, 0.3) is 0 Å². The van der Waals surface area contributed by atoms with Gasteiger partial charge < -0.3 is 10.0 Å². The Labute approximate surface area is 80.9 Å². The molecule has 1 aliphatic heterocycles. The van der Waals surface area contributed by atoms with Gasteiger partial charge in [0.2, 0.25) is 0 Å². The Morgan fingerprint density at radius 3 is 2.83 bits per heavy atom. The molecule has 1 heterocycles. The highest BCUT2D eigenvalue weighted by Gasteiger charge is 2.27. The van der Waals surface area contributed by atoms with Crippen molar-refractivity contribution in [3.8, 4) is 0 Å². The smallest absolute Gasteiger partial charge is 0.407 e. The summed E-state index contributed by atoms with van der Waals surface area (Å²) in [5, 5.41) is 9.77. The van der Waals surface area contributed by atoms with Crippen LogP contribution in [-0.4, -0.2) is 34.0 Å². The van der Waals surface area contributed by atoms with Crippen LogP contribution in [0.5, 0.6) is 0 Å². The maximum atomic E-state index is 10.7. The molecule has 0 aliphatic carbocycles. The first kappa shape index (κ1) is 9.84. The van der Waals surface area contributed by atoms with E-state index in [0.29, 0.717) is 12.5 Å². The Kier molecular flexibility index (Phi) is 3.38. The van der Waals surface area contributed by atoms with E-state index < -0.39 is 6.09 Å². The molecule has 70 valence electrons. The Morgan fingerprint density at radius 1 is 1.75 bits per heavy atom. The zero-order chi connectivity index (χ0) is 9.14. The first-order valence-corrected chi connectivity index (χ1v) is 5.32. The van der Waals surface area contributed by atoms with Crippen LogP contribution in [0.3, 0.4) is 0 Å². The van der Waals surface area contributed by atoms with E-state index in [-0.39, 0.29) is 6.04 Å². The third-order valence-corrected chi connectivity index (χ3v) is 3.36. The Bertz CT molecular complexity index is 174. The zero-order valence-corrected chi connectivity index (χ0v) is 8.75. The van der Waals surface area contributed by atoms with Crippen molar-refractivity contribution in [2.24, 2.45) is 5.92 Å². The number of rotatable bonds is 1. The van der Waals surface area contributed by atoms with Crippen LogP contribution < -0.4 is 0 Å². The van der Waals surface area contributed by atoms with E-state index in [0.717, 1.165) is 18.2 Å². The topological polar surface area (TPSA) is 40.5 Å². The highest BCUT2D eigenvalue weighted by atomic mass is 79.9. The number of carboxylic acid groups (broad SMARTS) is 1. The van der Waals surface area contributed by atoms with Crippen LogP contribution in [0.1, 0.15) is 19.8 Å². The van der Waals surface area contributed by atoms with Gasteiger partial charge in [-0.15, -0.1) is 0 Å². The van der Waals surface area contributed by atoms with Gasteiger partial charge in [-0.1, -0.05) is 15.9 Å². The lowest BCUT2D eigenvalue weighted by molar-refractivity contribution is 0.100. The van der Waals surface area contributed by atoms with Crippen LogP contribution in [0, 0.1) is 5.92 Å². The van der Waals surface area contributed by atoms with Crippen LogP contribution in [0.4, 0.5) is 4.79 Å². The van der Waals surface area contributed by atoms with E-state index in [2.05, 4.69) is 15.9 Å². The van der Waals surface area contributed by atoms with Gasteiger partial charge in [0.05, 0.1) is 0 Å². The molecule has 2 atom stereocenters. The highest BCUT2D eigenvalue weighted by Crippen LogP contribution is 2.23. The number of likely N-dealkylation sites (tertiary alicyclic amines) is 1. The molecule has 0 spiro atoms. The van der Waals surface area contributed by atoms with E-state index >= 15 is 0 Å². The summed E-state index contributed by atoms with van der Waals surface area (Å²) in [6, 6.07) is 0.179.